The van der Waals surface area contributed by atoms with E-state index in [4.69, 9.17) is 4.74 Å². The van der Waals surface area contributed by atoms with Crippen LogP contribution in [0, 0.1) is 5.82 Å². The number of carbonyl (C=O) groups excluding carboxylic acids is 4. The highest BCUT2D eigenvalue weighted by molar-refractivity contribution is 6.00. The molecule has 1 unspecified atom stereocenters. The lowest BCUT2D eigenvalue weighted by Crippen LogP contribution is -2.61. The number of amides is 4. The molecule has 0 radical (unpaired) electrons. The van der Waals surface area contributed by atoms with E-state index in [0.29, 0.717) is 11.5 Å². The SMILES string of the molecule is CC(=O)Nc1cc(F)cc(C(=O)N2CCN(C(=O)c3ccc(O[C@H]4CCNC4)c(C4CCCCC4)c3)C(C(=O)NCc3ccccc3)C2)c1. The lowest BCUT2D eigenvalue weighted by molar-refractivity contribution is -0.127. The molecule has 1 saturated carbocycles. The standard InChI is InChI=1S/C38H44FN5O5/c1-25(45)42-31-19-29(18-30(39)21-31)37(47)43-16-17-44(34(24-43)36(46)41-22-26-8-4-2-5-9-26)38(48)28-12-13-35(49-32-14-15-40-23-32)33(20-28)27-10-6-3-7-11-27/h2,4-5,8-9,12-13,18-21,27,32,34,40H,3,6-7,10-11,14-17,22-24H2,1H3,(H,41,46)(H,42,45)/t32-,34?/m0/s1. The highest BCUT2D eigenvalue weighted by Crippen LogP contribution is 2.39. The molecule has 2 saturated heterocycles. The van der Waals surface area contributed by atoms with Gasteiger partial charge >= 0.3 is 0 Å². The zero-order valence-electron chi connectivity index (χ0n) is 27.9. The van der Waals surface area contributed by atoms with Crippen molar-refractivity contribution in [2.24, 2.45) is 0 Å². The van der Waals surface area contributed by atoms with E-state index in [-0.39, 0.29) is 49.4 Å². The Morgan fingerprint density at radius 2 is 1.69 bits per heavy atom. The lowest BCUT2D eigenvalue weighted by Gasteiger charge is -2.40. The van der Waals surface area contributed by atoms with Crippen molar-refractivity contribution in [2.45, 2.75) is 70.1 Å². The van der Waals surface area contributed by atoms with Gasteiger partial charge in [-0.1, -0.05) is 49.6 Å². The van der Waals surface area contributed by atoms with Crippen molar-refractivity contribution >= 4 is 29.3 Å². The monoisotopic (exact) mass is 669 g/mol. The summed E-state index contributed by atoms with van der Waals surface area (Å²) in [6.07, 6.45) is 6.54. The first-order valence-electron chi connectivity index (χ1n) is 17.3. The fourth-order valence-corrected chi connectivity index (χ4v) is 7.10. The summed E-state index contributed by atoms with van der Waals surface area (Å²) in [5, 5.41) is 8.82. The van der Waals surface area contributed by atoms with Crippen LogP contribution in [-0.2, 0) is 16.1 Å². The largest absolute Gasteiger partial charge is 0.489 e. The third kappa shape index (κ3) is 8.45. The zero-order valence-corrected chi connectivity index (χ0v) is 27.9. The predicted octanol–water partition coefficient (Wildman–Crippen LogP) is 4.86. The second-order valence-corrected chi connectivity index (χ2v) is 13.2. The van der Waals surface area contributed by atoms with Gasteiger partial charge in [-0.2, -0.15) is 0 Å². The number of nitrogens with one attached hydrogen (secondary N) is 3. The number of hydrogen-bond donors (Lipinski definition) is 3. The third-order valence-corrected chi connectivity index (χ3v) is 9.62. The molecule has 2 atom stereocenters. The minimum Gasteiger partial charge on any atom is -0.489 e. The van der Waals surface area contributed by atoms with Gasteiger partial charge in [0.25, 0.3) is 11.8 Å². The summed E-state index contributed by atoms with van der Waals surface area (Å²) in [4.78, 5) is 56.4. The van der Waals surface area contributed by atoms with Crippen LogP contribution in [0.4, 0.5) is 10.1 Å². The second kappa shape index (κ2) is 15.6. The van der Waals surface area contributed by atoms with Crippen LogP contribution >= 0.6 is 0 Å². The molecule has 6 rings (SSSR count). The van der Waals surface area contributed by atoms with Gasteiger partial charge in [-0.05, 0) is 79.3 Å². The van der Waals surface area contributed by atoms with Crippen molar-refractivity contribution in [2.75, 3.05) is 38.0 Å². The van der Waals surface area contributed by atoms with E-state index in [1.807, 2.05) is 42.5 Å². The van der Waals surface area contributed by atoms with Crippen LogP contribution in [0.25, 0.3) is 0 Å². The van der Waals surface area contributed by atoms with Gasteiger partial charge in [0.05, 0.1) is 6.54 Å². The van der Waals surface area contributed by atoms with Crippen molar-refractivity contribution in [3.63, 3.8) is 0 Å². The number of halogens is 1. The predicted molar refractivity (Wildman–Crippen MR) is 184 cm³/mol. The molecule has 258 valence electrons. The number of carbonyl (C=O) groups is 4. The van der Waals surface area contributed by atoms with Crippen molar-refractivity contribution < 1.29 is 28.3 Å². The molecule has 10 nitrogen and oxygen atoms in total. The Kier molecular flexibility index (Phi) is 10.9. The molecule has 3 aliphatic rings. The fourth-order valence-electron chi connectivity index (χ4n) is 7.10. The van der Waals surface area contributed by atoms with E-state index in [2.05, 4.69) is 16.0 Å². The minimum absolute atomic E-state index is 0.0390. The number of benzene rings is 3. The Bertz CT molecular complexity index is 1670. The zero-order chi connectivity index (χ0) is 34.3. The van der Waals surface area contributed by atoms with Crippen LogP contribution < -0.4 is 20.7 Å². The highest BCUT2D eigenvalue weighted by atomic mass is 19.1. The maximum atomic E-state index is 14.5. The number of rotatable bonds is 9. The van der Waals surface area contributed by atoms with Gasteiger partial charge in [-0.25, -0.2) is 4.39 Å². The Morgan fingerprint density at radius 1 is 0.898 bits per heavy atom. The topological polar surface area (TPSA) is 120 Å². The molecular weight excluding hydrogens is 625 g/mol. The third-order valence-electron chi connectivity index (χ3n) is 9.62. The van der Waals surface area contributed by atoms with Gasteiger partial charge in [0, 0.05) is 49.9 Å². The molecule has 3 aromatic carbocycles. The fraction of sp³-hybridized carbons (Fsp3) is 0.421. The Labute approximate surface area is 286 Å². The lowest BCUT2D eigenvalue weighted by atomic mass is 9.83. The molecule has 3 fully saturated rings. The summed E-state index contributed by atoms with van der Waals surface area (Å²) < 4.78 is 20.9. The van der Waals surface area contributed by atoms with E-state index in [0.717, 1.165) is 74.2 Å². The second-order valence-electron chi connectivity index (χ2n) is 13.2. The first-order chi connectivity index (χ1) is 23.7. The number of nitrogens with zero attached hydrogens (tertiary/aromatic N) is 2. The maximum Gasteiger partial charge on any atom is 0.254 e. The summed E-state index contributed by atoms with van der Waals surface area (Å²) >= 11 is 0. The first kappa shape index (κ1) is 34.1. The molecule has 0 spiro atoms. The molecule has 4 amide bonds. The first-order valence-corrected chi connectivity index (χ1v) is 17.3. The average molecular weight is 670 g/mol. The summed E-state index contributed by atoms with van der Waals surface area (Å²) in [6, 6.07) is 17.7. The molecule has 49 heavy (non-hydrogen) atoms. The quantitative estimate of drug-likeness (QED) is 0.300. The summed E-state index contributed by atoms with van der Waals surface area (Å²) in [5.74, 6) is -1.15. The van der Waals surface area contributed by atoms with Crippen molar-refractivity contribution in [1.82, 2.24) is 20.4 Å². The minimum atomic E-state index is -0.990. The van der Waals surface area contributed by atoms with E-state index >= 15 is 0 Å². The Balaban J connectivity index is 1.26. The molecule has 3 N–H and O–H groups in total. The average Bonchev–Trinajstić information content (AvgIpc) is 3.63. The van der Waals surface area contributed by atoms with Crippen LogP contribution in [0.1, 0.15) is 83.2 Å². The molecule has 2 aliphatic heterocycles. The number of ether oxygens (including phenoxy) is 1. The van der Waals surface area contributed by atoms with E-state index in [9.17, 15) is 23.6 Å². The molecule has 11 heteroatoms. The van der Waals surface area contributed by atoms with Crippen LogP contribution in [0.5, 0.6) is 5.75 Å². The highest BCUT2D eigenvalue weighted by Gasteiger charge is 2.38. The summed E-state index contributed by atoms with van der Waals surface area (Å²) in [5.41, 5.74) is 2.61. The summed E-state index contributed by atoms with van der Waals surface area (Å²) in [6.45, 7) is 3.42. The smallest absolute Gasteiger partial charge is 0.254 e. The molecule has 1 aliphatic carbocycles. The molecule has 0 aromatic heterocycles. The molecule has 3 aromatic rings. The maximum absolute atomic E-state index is 14.5. The number of piperazine rings is 1. The molecule has 0 bridgehead atoms. The Morgan fingerprint density at radius 3 is 2.43 bits per heavy atom. The van der Waals surface area contributed by atoms with E-state index in [1.165, 1.54) is 24.3 Å². The van der Waals surface area contributed by atoms with Gasteiger partial charge in [0.15, 0.2) is 0 Å². The molecule has 2 heterocycles. The van der Waals surface area contributed by atoms with Crippen molar-refractivity contribution in [3.05, 3.63) is 94.8 Å². The summed E-state index contributed by atoms with van der Waals surface area (Å²) in [7, 11) is 0. The van der Waals surface area contributed by atoms with Crippen LogP contribution in [0.2, 0.25) is 0 Å². The van der Waals surface area contributed by atoms with E-state index in [1.54, 1.807) is 11.0 Å². The Hall–Kier alpha value is -4.77. The normalized spacial score (nSPS) is 19.7. The van der Waals surface area contributed by atoms with Crippen LogP contribution in [0.15, 0.2) is 66.7 Å². The number of anilines is 1. The number of hydrogen-bond acceptors (Lipinski definition) is 6. The van der Waals surface area contributed by atoms with Crippen molar-refractivity contribution in [1.29, 1.82) is 0 Å². The van der Waals surface area contributed by atoms with Crippen molar-refractivity contribution in [3.8, 4) is 5.75 Å². The van der Waals surface area contributed by atoms with Gasteiger partial charge < -0.3 is 30.5 Å². The van der Waals surface area contributed by atoms with Crippen LogP contribution in [-0.4, -0.2) is 78.3 Å². The van der Waals surface area contributed by atoms with Gasteiger partial charge in [0.2, 0.25) is 11.8 Å². The molecular formula is C38H44FN5O5. The van der Waals surface area contributed by atoms with E-state index < -0.39 is 29.6 Å². The van der Waals surface area contributed by atoms with Gasteiger partial charge in [-0.3, -0.25) is 19.2 Å². The van der Waals surface area contributed by atoms with Gasteiger partial charge in [0.1, 0.15) is 23.7 Å². The van der Waals surface area contributed by atoms with Crippen LogP contribution in [0.3, 0.4) is 0 Å². The van der Waals surface area contributed by atoms with Gasteiger partial charge in [-0.15, -0.1) is 0 Å².